The van der Waals surface area contributed by atoms with Crippen molar-refractivity contribution < 1.29 is 9.59 Å². The summed E-state index contributed by atoms with van der Waals surface area (Å²) < 4.78 is 0. The van der Waals surface area contributed by atoms with E-state index in [0.29, 0.717) is 24.3 Å². The lowest BCUT2D eigenvalue weighted by Crippen LogP contribution is -2.06. The van der Waals surface area contributed by atoms with Gasteiger partial charge in [-0.05, 0) is 11.6 Å². The SMILES string of the molecule is CC(c1ccccc1)c1cc(NC=O)cc(NC=O)n1. The van der Waals surface area contributed by atoms with Crippen molar-refractivity contribution in [3.05, 3.63) is 53.7 Å². The zero-order chi connectivity index (χ0) is 14.4. The van der Waals surface area contributed by atoms with Crippen LogP contribution in [0.1, 0.15) is 24.1 Å². The molecular formula is C15H15N3O2. The molecule has 0 aliphatic heterocycles. The van der Waals surface area contributed by atoms with E-state index >= 15 is 0 Å². The summed E-state index contributed by atoms with van der Waals surface area (Å²) >= 11 is 0. The van der Waals surface area contributed by atoms with Gasteiger partial charge in [-0.25, -0.2) is 4.98 Å². The number of hydrogen-bond donors (Lipinski definition) is 2. The van der Waals surface area contributed by atoms with Crippen LogP contribution in [0.25, 0.3) is 0 Å². The fourth-order valence-corrected chi connectivity index (χ4v) is 1.97. The van der Waals surface area contributed by atoms with E-state index in [1.165, 1.54) is 0 Å². The average molecular weight is 269 g/mol. The number of benzene rings is 1. The van der Waals surface area contributed by atoms with Crippen LogP contribution in [0.15, 0.2) is 42.5 Å². The second kappa shape index (κ2) is 6.47. The quantitative estimate of drug-likeness (QED) is 0.791. The second-order valence-corrected chi connectivity index (χ2v) is 4.32. The predicted molar refractivity (Wildman–Crippen MR) is 77.6 cm³/mol. The monoisotopic (exact) mass is 269 g/mol. The molecule has 0 aliphatic carbocycles. The van der Waals surface area contributed by atoms with Crippen molar-refractivity contribution in [3.8, 4) is 0 Å². The molecule has 1 aromatic carbocycles. The van der Waals surface area contributed by atoms with Gasteiger partial charge < -0.3 is 10.6 Å². The number of anilines is 2. The summed E-state index contributed by atoms with van der Waals surface area (Å²) in [7, 11) is 0. The summed E-state index contributed by atoms with van der Waals surface area (Å²) in [6, 6.07) is 13.3. The molecule has 1 aromatic heterocycles. The van der Waals surface area contributed by atoms with Gasteiger partial charge in [0, 0.05) is 17.7 Å². The third-order valence-corrected chi connectivity index (χ3v) is 3.02. The Kier molecular flexibility index (Phi) is 4.44. The largest absolute Gasteiger partial charge is 0.328 e. The molecule has 0 fully saturated rings. The maximum atomic E-state index is 10.6. The molecular weight excluding hydrogens is 254 g/mol. The standard InChI is InChI=1S/C15H15N3O2/c1-11(12-5-3-2-4-6-12)14-7-13(16-9-19)8-15(18-14)17-10-20/h2-11H,1H3,(H2,16,17,18,19,20). The molecule has 0 saturated heterocycles. The lowest BCUT2D eigenvalue weighted by Gasteiger charge is -2.14. The summed E-state index contributed by atoms with van der Waals surface area (Å²) in [5.74, 6) is 0.460. The number of aromatic nitrogens is 1. The highest BCUT2D eigenvalue weighted by molar-refractivity contribution is 5.76. The minimum absolute atomic E-state index is 0.0526. The molecule has 0 saturated carbocycles. The summed E-state index contributed by atoms with van der Waals surface area (Å²) in [4.78, 5) is 25.5. The van der Waals surface area contributed by atoms with Gasteiger partial charge in [0.1, 0.15) is 5.82 Å². The zero-order valence-corrected chi connectivity index (χ0v) is 11.0. The molecule has 102 valence electrons. The molecule has 5 nitrogen and oxygen atoms in total. The zero-order valence-electron chi connectivity index (χ0n) is 11.0. The van der Waals surface area contributed by atoms with Gasteiger partial charge in [-0.2, -0.15) is 0 Å². The highest BCUT2D eigenvalue weighted by atomic mass is 16.1. The minimum atomic E-state index is 0.0526. The Labute approximate surface area is 117 Å². The number of nitrogens with zero attached hydrogens (tertiary/aromatic N) is 1. The van der Waals surface area contributed by atoms with Crippen LogP contribution in [0.2, 0.25) is 0 Å². The van der Waals surface area contributed by atoms with E-state index in [1.807, 2.05) is 37.3 Å². The van der Waals surface area contributed by atoms with Crippen molar-refractivity contribution in [1.29, 1.82) is 0 Å². The molecule has 1 heterocycles. The van der Waals surface area contributed by atoms with Gasteiger partial charge in [0.2, 0.25) is 12.8 Å². The molecule has 1 unspecified atom stereocenters. The fourth-order valence-electron chi connectivity index (χ4n) is 1.97. The number of rotatable bonds is 6. The van der Waals surface area contributed by atoms with Crippen LogP contribution in [0.4, 0.5) is 11.5 Å². The Balaban J connectivity index is 2.38. The van der Waals surface area contributed by atoms with Crippen molar-refractivity contribution in [1.82, 2.24) is 4.98 Å². The van der Waals surface area contributed by atoms with Crippen molar-refractivity contribution in [2.75, 3.05) is 10.6 Å². The maximum Gasteiger partial charge on any atom is 0.212 e. The van der Waals surface area contributed by atoms with Crippen LogP contribution in [0.5, 0.6) is 0 Å². The fraction of sp³-hybridized carbons (Fsp3) is 0.133. The summed E-state index contributed by atoms with van der Waals surface area (Å²) in [5, 5.41) is 5.08. The molecule has 2 amide bonds. The molecule has 2 N–H and O–H groups in total. The van der Waals surface area contributed by atoms with Crippen LogP contribution >= 0.6 is 0 Å². The van der Waals surface area contributed by atoms with E-state index in [2.05, 4.69) is 15.6 Å². The lowest BCUT2D eigenvalue weighted by atomic mass is 9.97. The van der Waals surface area contributed by atoms with Crippen LogP contribution < -0.4 is 10.6 Å². The Morgan fingerprint density at radius 3 is 2.40 bits per heavy atom. The van der Waals surface area contributed by atoms with Crippen LogP contribution in [-0.4, -0.2) is 17.8 Å². The van der Waals surface area contributed by atoms with Gasteiger partial charge in [0.25, 0.3) is 0 Å². The molecule has 0 aliphatic rings. The first-order chi connectivity index (χ1) is 9.74. The highest BCUT2D eigenvalue weighted by Crippen LogP contribution is 2.26. The topological polar surface area (TPSA) is 71.1 Å². The predicted octanol–water partition coefficient (Wildman–Crippen LogP) is 2.37. The first-order valence-electron chi connectivity index (χ1n) is 6.22. The number of nitrogens with one attached hydrogen (secondary N) is 2. The van der Waals surface area contributed by atoms with Gasteiger partial charge in [-0.1, -0.05) is 37.3 Å². The van der Waals surface area contributed by atoms with Crippen LogP contribution in [-0.2, 0) is 9.59 Å². The second-order valence-electron chi connectivity index (χ2n) is 4.32. The molecule has 0 spiro atoms. The number of carbonyl (C=O) groups is 2. The summed E-state index contributed by atoms with van der Waals surface area (Å²) in [5.41, 5.74) is 2.48. The van der Waals surface area contributed by atoms with Gasteiger partial charge in [0.05, 0.1) is 5.69 Å². The van der Waals surface area contributed by atoms with Gasteiger partial charge in [-0.15, -0.1) is 0 Å². The van der Waals surface area contributed by atoms with Crippen molar-refractivity contribution in [2.24, 2.45) is 0 Å². The Morgan fingerprint density at radius 1 is 1.05 bits per heavy atom. The van der Waals surface area contributed by atoms with E-state index in [4.69, 9.17) is 0 Å². The molecule has 2 rings (SSSR count). The first kappa shape index (κ1) is 13.7. The van der Waals surface area contributed by atoms with Crippen LogP contribution in [0.3, 0.4) is 0 Å². The third kappa shape index (κ3) is 3.20. The van der Waals surface area contributed by atoms with Crippen molar-refractivity contribution in [3.63, 3.8) is 0 Å². The number of carbonyl (C=O) groups excluding carboxylic acids is 2. The van der Waals surface area contributed by atoms with E-state index in [0.717, 1.165) is 11.3 Å². The molecule has 20 heavy (non-hydrogen) atoms. The number of pyridine rings is 1. The van der Waals surface area contributed by atoms with Gasteiger partial charge in [-0.3, -0.25) is 9.59 Å². The van der Waals surface area contributed by atoms with E-state index < -0.39 is 0 Å². The summed E-state index contributed by atoms with van der Waals surface area (Å²) in [6.45, 7) is 2.02. The van der Waals surface area contributed by atoms with E-state index in [1.54, 1.807) is 12.1 Å². The van der Waals surface area contributed by atoms with E-state index in [9.17, 15) is 9.59 Å². The van der Waals surface area contributed by atoms with Crippen molar-refractivity contribution >= 4 is 24.3 Å². The van der Waals surface area contributed by atoms with Crippen LogP contribution in [0, 0.1) is 0 Å². The lowest BCUT2D eigenvalue weighted by molar-refractivity contribution is -0.106. The third-order valence-electron chi connectivity index (χ3n) is 3.02. The minimum Gasteiger partial charge on any atom is -0.328 e. The van der Waals surface area contributed by atoms with Crippen molar-refractivity contribution in [2.45, 2.75) is 12.8 Å². The molecule has 2 aromatic rings. The smallest absolute Gasteiger partial charge is 0.212 e. The molecule has 0 radical (unpaired) electrons. The Hall–Kier alpha value is -2.69. The first-order valence-corrected chi connectivity index (χ1v) is 6.22. The number of amides is 2. The summed E-state index contributed by atoms with van der Waals surface area (Å²) in [6.07, 6.45) is 1.15. The molecule has 5 heteroatoms. The molecule has 1 atom stereocenters. The van der Waals surface area contributed by atoms with Gasteiger partial charge in [0.15, 0.2) is 0 Å². The molecule has 0 bridgehead atoms. The Morgan fingerprint density at radius 2 is 1.75 bits per heavy atom. The van der Waals surface area contributed by atoms with Gasteiger partial charge >= 0.3 is 0 Å². The average Bonchev–Trinajstić information content (AvgIpc) is 2.48. The normalized spacial score (nSPS) is 11.4. The maximum absolute atomic E-state index is 10.6. The highest BCUT2D eigenvalue weighted by Gasteiger charge is 2.12. The Bertz CT molecular complexity index is 571. The van der Waals surface area contributed by atoms with E-state index in [-0.39, 0.29) is 5.92 Å². The number of hydrogen-bond acceptors (Lipinski definition) is 3.